The van der Waals surface area contributed by atoms with Gasteiger partial charge in [-0.3, -0.25) is 4.79 Å². The molecule has 31 heavy (non-hydrogen) atoms. The lowest BCUT2D eigenvalue weighted by molar-refractivity contribution is 0.103. The van der Waals surface area contributed by atoms with Crippen molar-refractivity contribution in [2.75, 3.05) is 0 Å². The van der Waals surface area contributed by atoms with Crippen LogP contribution in [-0.2, 0) is 10.8 Å². The summed E-state index contributed by atoms with van der Waals surface area (Å²) in [5.74, 6) is 0.239. The van der Waals surface area contributed by atoms with Crippen LogP contribution in [-0.4, -0.2) is 10.9 Å². The van der Waals surface area contributed by atoms with Crippen molar-refractivity contribution in [3.05, 3.63) is 89.0 Å². The Morgan fingerprint density at radius 2 is 1.35 bits per heavy atom. The van der Waals surface area contributed by atoms with Crippen molar-refractivity contribution in [1.82, 2.24) is 0 Å². The Hall–Kier alpha value is -2.87. The van der Waals surface area contributed by atoms with Crippen LogP contribution in [0.15, 0.2) is 66.7 Å². The minimum absolute atomic E-state index is 0.0351. The van der Waals surface area contributed by atoms with E-state index in [1.807, 2.05) is 54.6 Å². The first kappa shape index (κ1) is 22.8. The molecule has 0 amide bonds. The molecular weight excluding hydrogens is 380 g/mol. The summed E-state index contributed by atoms with van der Waals surface area (Å²) in [6.07, 6.45) is 1.88. The van der Waals surface area contributed by atoms with Gasteiger partial charge in [-0.15, -0.1) is 0 Å². The zero-order valence-corrected chi connectivity index (χ0v) is 19.6. The van der Waals surface area contributed by atoms with Gasteiger partial charge in [0.05, 0.1) is 0 Å². The van der Waals surface area contributed by atoms with Crippen molar-refractivity contribution < 1.29 is 9.90 Å². The van der Waals surface area contributed by atoms with Gasteiger partial charge in [0.25, 0.3) is 0 Å². The predicted octanol–water partition coefficient (Wildman–Crippen LogP) is 7.67. The predicted molar refractivity (Wildman–Crippen MR) is 130 cm³/mol. The molecule has 162 valence electrons. The van der Waals surface area contributed by atoms with Gasteiger partial charge < -0.3 is 5.11 Å². The van der Waals surface area contributed by atoms with Gasteiger partial charge >= 0.3 is 0 Å². The number of rotatable bonds is 7. The van der Waals surface area contributed by atoms with Gasteiger partial charge in [0, 0.05) is 22.3 Å². The molecule has 2 nitrogen and oxygen atoms in total. The molecular formula is C29H34O2. The maximum Gasteiger partial charge on any atom is 0.193 e. The summed E-state index contributed by atoms with van der Waals surface area (Å²) in [5.41, 5.74) is 4.65. The van der Waals surface area contributed by atoms with Gasteiger partial charge in [-0.05, 0) is 40.9 Å². The highest BCUT2D eigenvalue weighted by Crippen LogP contribution is 2.44. The van der Waals surface area contributed by atoms with E-state index in [2.05, 4.69) is 53.7 Å². The molecule has 3 aromatic rings. The second-order valence-electron chi connectivity index (χ2n) is 9.64. The third-order valence-corrected chi connectivity index (χ3v) is 6.89. The summed E-state index contributed by atoms with van der Waals surface area (Å²) < 4.78 is 0. The molecule has 3 rings (SSSR count). The summed E-state index contributed by atoms with van der Waals surface area (Å²) in [6, 6.07) is 21.2. The van der Waals surface area contributed by atoms with Crippen LogP contribution in [0, 0.1) is 0 Å². The number of phenols is 1. The van der Waals surface area contributed by atoms with E-state index < -0.39 is 0 Å². The highest BCUT2D eigenvalue weighted by molar-refractivity contribution is 6.13. The van der Waals surface area contributed by atoms with Crippen molar-refractivity contribution >= 4 is 5.78 Å². The van der Waals surface area contributed by atoms with E-state index in [4.69, 9.17) is 0 Å². The van der Waals surface area contributed by atoms with Crippen LogP contribution in [0.3, 0.4) is 0 Å². The first-order valence-corrected chi connectivity index (χ1v) is 11.2. The minimum Gasteiger partial charge on any atom is -0.507 e. The summed E-state index contributed by atoms with van der Waals surface area (Å²) in [4.78, 5) is 13.3. The smallest absolute Gasteiger partial charge is 0.193 e. The van der Waals surface area contributed by atoms with Gasteiger partial charge in [-0.25, -0.2) is 0 Å². The molecule has 0 aliphatic carbocycles. The molecule has 0 radical (unpaired) electrons. The molecule has 0 aliphatic rings. The second kappa shape index (κ2) is 8.70. The number of phenolic OH excluding ortho intramolecular Hbond substituents is 1. The normalized spacial score (nSPS) is 12.1. The molecule has 2 heteroatoms. The molecule has 0 heterocycles. The first-order valence-electron chi connectivity index (χ1n) is 11.2. The number of hydrogen-bond donors (Lipinski definition) is 1. The topological polar surface area (TPSA) is 37.3 Å². The highest BCUT2D eigenvalue weighted by atomic mass is 16.3. The second-order valence-corrected chi connectivity index (χ2v) is 9.64. The van der Waals surface area contributed by atoms with Crippen LogP contribution < -0.4 is 0 Å². The Morgan fingerprint density at radius 1 is 0.774 bits per heavy atom. The molecule has 3 aromatic carbocycles. The summed E-state index contributed by atoms with van der Waals surface area (Å²) in [7, 11) is 0. The van der Waals surface area contributed by atoms with E-state index in [1.165, 1.54) is 5.56 Å². The summed E-state index contributed by atoms with van der Waals surface area (Å²) >= 11 is 0. The molecule has 0 atom stereocenters. The van der Waals surface area contributed by atoms with Crippen molar-refractivity contribution in [3.63, 3.8) is 0 Å². The summed E-state index contributed by atoms with van der Waals surface area (Å²) in [6.45, 7) is 13.1. The number of ketones is 1. The maximum atomic E-state index is 13.3. The molecule has 0 unspecified atom stereocenters. The van der Waals surface area contributed by atoms with Gasteiger partial charge in [0.1, 0.15) is 5.75 Å². The lowest BCUT2D eigenvalue weighted by Gasteiger charge is -2.31. The zero-order valence-electron chi connectivity index (χ0n) is 19.6. The fraction of sp³-hybridized carbons (Fsp3) is 0.345. The van der Waals surface area contributed by atoms with Crippen LogP contribution >= 0.6 is 0 Å². The van der Waals surface area contributed by atoms with Crippen LogP contribution in [0.2, 0.25) is 0 Å². The Morgan fingerprint density at radius 3 is 1.97 bits per heavy atom. The average molecular weight is 415 g/mol. The van der Waals surface area contributed by atoms with Crippen molar-refractivity contribution in [3.8, 4) is 16.9 Å². The van der Waals surface area contributed by atoms with Crippen molar-refractivity contribution in [2.24, 2.45) is 0 Å². The lowest BCUT2D eigenvalue weighted by Crippen LogP contribution is -2.20. The highest BCUT2D eigenvalue weighted by Gasteiger charge is 2.29. The molecule has 0 saturated heterocycles. The number of hydrogen-bond acceptors (Lipinski definition) is 2. The van der Waals surface area contributed by atoms with Crippen molar-refractivity contribution in [1.29, 1.82) is 0 Å². The molecule has 0 fully saturated rings. The van der Waals surface area contributed by atoms with E-state index in [0.29, 0.717) is 11.1 Å². The van der Waals surface area contributed by atoms with Crippen LogP contribution in [0.25, 0.3) is 11.1 Å². The van der Waals surface area contributed by atoms with E-state index in [-0.39, 0.29) is 22.4 Å². The third-order valence-electron chi connectivity index (χ3n) is 6.89. The molecule has 0 aromatic heterocycles. The first-order chi connectivity index (χ1) is 14.6. The maximum absolute atomic E-state index is 13.3. The third kappa shape index (κ3) is 4.44. The number of benzene rings is 3. The minimum atomic E-state index is -0.183. The zero-order chi connectivity index (χ0) is 22.8. The lowest BCUT2D eigenvalue weighted by atomic mass is 9.74. The fourth-order valence-electron chi connectivity index (χ4n) is 3.80. The van der Waals surface area contributed by atoms with Crippen LogP contribution in [0.1, 0.15) is 81.4 Å². The monoisotopic (exact) mass is 414 g/mol. The van der Waals surface area contributed by atoms with Gasteiger partial charge in [0.2, 0.25) is 0 Å². The van der Waals surface area contributed by atoms with Gasteiger partial charge in [-0.1, -0.05) is 102 Å². The average Bonchev–Trinajstić information content (AvgIpc) is 2.79. The molecule has 0 bridgehead atoms. The largest absolute Gasteiger partial charge is 0.507 e. The van der Waals surface area contributed by atoms with E-state index in [0.717, 1.165) is 29.5 Å². The van der Waals surface area contributed by atoms with Crippen molar-refractivity contribution in [2.45, 2.75) is 65.2 Å². The van der Waals surface area contributed by atoms with Gasteiger partial charge in [-0.2, -0.15) is 0 Å². The Kier molecular flexibility index (Phi) is 6.40. The Labute approximate surface area is 187 Å². The van der Waals surface area contributed by atoms with E-state index in [1.54, 1.807) is 0 Å². The van der Waals surface area contributed by atoms with E-state index >= 15 is 0 Å². The summed E-state index contributed by atoms with van der Waals surface area (Å²) in [5, 5.41) is 11.4. The number of carbonyl (C=O) groups excluding carboxylic acids is 1. The van der Waals surface area contributed by atoms with Gasteiger partial charge in [0.15, 0.2) is 5.78 Å². The van der Waals surface area contributed by atoms with E-state index in [9.17, 15) is 9.90 Å². The standard InChI is InChI=1S/C29H34O2/c1-7-28(3,4)21-18-24(27(31)25(19-21)29(5,6)8-2)22-16-12-13-17-23(22)26(30)20-14-10-9-11-15-20/h9-19,31H,7-8H2,1-6H3. The quantitative estimate of drug-likeness (QED) is 0.403. The van der Waals surface area contributed by atoms with Crippen LogP contribution in [0.4, 0.5) is 0 Å². The number of carbonyl (C=O) groups is 1. The fourth-order valence-corrected chi connectivity index (χ4v) is 3.80. The number of aromatic hydroxyl groups is 1. The molecule has 0 saturated carbocycles. The molecule has 0 aliphatic heterocycles. The Balaban J connectivity index is 2.30. The molecule has 0 spiro atoms. The SMILES string of the molecule is CCC(C)(C)c1cc(-c2ccccc2C(=O)c2ccccc2)c(O)c(C(C)(C)CC)c1. The molecule has 1 N–H and O–H groups in total. The van der Waals surface area contributed by atoms with Crippen LogP contribution in [0.5, 0.6) is 5.75 Å². The Bertz CT molecular complexity index is 1080.